The van der Waals surface area contributed by atoms with Crippen molar-refractivity contribution in [3.8, 4) is 11.5 Å². The second kappa shape index (κ2) is 8.34. The lowest BCUT2D eigenvalue weighted by molar-refractivity contribution is -0.127. The summed E-state index contributed by atoms with van der Waals surface area (Å²) in [5.74, 6) is 2.53. The molecule has 7 nitrogen and oxygen atoms in total. The molecule has 2 N–H and O–H groups in total. The van der Waals surface area contributed by atoms with Crippen LogP contribution >= 0.6 is 0 Å². The van der Waals surface area contributed by atoms with E-state index in [1.807, 2.05) is 42.2 Å². The molecule has 0 spiro atoms. The van der Waals surface area contributed by atoms with Crippen molar-refractivity contribution in [2.45, 2.75) is 19.8 Å². The summed E-state index contributed by atoms with van der Waals surface area (Å²) in [6.45, 7) is 7.88. The van der Waals surface area contributed by atoms with Crippen molar-refractivity contribution >= 4 is 22.8 Å². The molecule has 0 aliphatic carbocycles. The standard InChI is InChI=1S/C22H25N5O2/c1-3-19(28)27-12-4-5-16(14-27)13-24-22-20-18(10-11-23-21(20)25-26-22)29-17-8-6-15(2)7-9-17/h3,6-11,16H,1,4-5,12-14H2,2H3,(H2,23,24,25,26)/t16-/m0/s1. The van der Waals surface area contributed by atoms with Crippen molar-refractivity contribution in [2.75, 3.05) is 25.0 Å². The van der Waals surface area contributed by atoms with Gasteiger partial charge in [0.25, 0.3) is 0 Å². The second-order valence-corrected chi connectivity index (χ2v) is 7.40. The minimum absolute atomic E-state index is 0.00194. The van der Waals surface area contributed by atoms with E-state index in [9.17, 15) is 4.79 Å². The number of anilines is 1. The summed E-state index contributed by atoms with van der Waals surface area (Å²) in [7, 11) is 0. The first kappa shape index (κ1) is 19.0. The van der Waals surface area contributed by atoms with Crippen LogP contribution in [0, 0.1) is 12.8 Å². The third-order valence-corrected chi connectivity index (χ3v) is 5.24. The van der Waals surface area contributed by atoms with Crippen LogP contribution in [0.3, 0.4) is 0 Å². The fraction of sp³-hybridized carbons (Fsp3) is 0.318. The highest BCUT2D eigenvalue weighted by molar-refractivity contribution is 5.93. The number of rotatable bonds is 6. The maximum atomic E-state index is 11.9. The molecular formula is C22H25N5O2. The molecular weight excluding hydrogens is 366 g/mol. The summed E-state index contributed by atoms with van der Waals surface area (Å²) in [6.07, 6.45) is 5.16. The number of nitrogens with one attached hydrogen (secondary N) is 2. The van der Waals surface area contributed by atoms with E-state index in [0.29, 0.717) is 23.1 Å². The van der Waals surface area contributed by atoms with Gasteiger partial charge in [0.05, 0.1) is 0 Å². The Labute approximate surface area is 169 Å². The van der Waals surface area contributed by atoms with E-state index in [1.165, 1.54) is 11.6 Å². The quantitative estimate of drug-likeness (QED) is 0.623. The van der Waals surface area contributed by atoms with Crippen LogP contribution in [0.2, 0.25) is 0 Å². The van der Waals surface area contributed by atoms with Gasteiger partial charge in [-0.2, -0.15) is 5.10 Å². The van der Waals surface area contributed by atoms with E-state index in [-0.39, 0.29) is 5.91 Å². The van der Waals surface area contributed by atoms with Gasteiger partial charge in [0.1, 0.15) is 16.9 Å². The van der Waals surface area contributed by atoms with Gasteiger partial charge in [-0.05, 0) is 43.9 Å². The van der Waals surface area contributed by atoms with Crippen LogP contribution < -0.4 is 10.1 Å². The first-order valence-electron chi connectivity index (χ1n) is 9.87. The predicted molar refractivity (Wildman–Crippen MR) is 113 cm³/mol. The van der Waals surface area contributed by atoms with Crippen LogP contribution in [-0.2, 0) is 4.79 Å². The topological polar surface area (TPSA) is 83.1 Å². The van der Waals surface area contributed by atoms with E-state index in [0.717, 1.165) is 43.6 Å². The van der Waals surface area contributed by atoms with Crippen LogP contribution in [0.15, 0.2) is 49.2 Å². The summed E-state index contributed by atoms with van der Waals surface area (Å²) >= 11 is 0. The van der Waals surface area contributed by atoms with Gasteiger partial charge < -0.3 is 15.0 Å². The van der Waals surface area contributed by atoms with Crippen LogP contribution in [0.1, 0.15) is 18.4 Å². The maximum absolute atomic E-state index is 11.9. The maximum Gasteiger partial charge on any atom is 0.245 e. The Morgan fingerprint density at radius 2 is 2.21 bits per heavy atom. The number of benzene rings is 1. The lowest BCUT2D eigenvalue weighted by atomic mass is 9.98. The van der Waals surface area contributed by atoms with Crippen molar-refractivity contribution in [2.24, 2.45) is 5.92 Å². The number of aryl methyl sites for hydroxylation is 1. The Hall–Kier alpha value is -3.35. The molecule has 1 amide bonds. The summed E-state index contributed by atoms with van der Waals surface area (Å²) in [5, 5.41) is 11.6. The first-order chi connectivity index (χ1) is 14.1. The molecule has 2 aromatic heterocycles. The Balaban J connectivity index is 1.50. The molecule has 150 valence electrons. The number of aromatic amines is 1. The number of carbonyl (C=O) groups is 1. The zero-order chi connectivity index (χ0) is 20.2. The van der Waals surface area contributed by atoms with Crippen LogP contribution in [-0.4, -0.2) is 45.6 Å². The number of aromatic nitrogens is 3. The first-order valence-corrected chi connectivity index (χ1v) is 9.87. The smallest absolute Gasteiger partial charge is 0.245 e. The van der Waals surface area contributed by atoms with Crippen molar-refractivity contribution in [1.29, 1.82) is 0 Å². The molecule has 0 bridgehead atoms. The zero-order valence-electron chi connectivity index (χ0n) is 16.5. The van der Waals surface area contributed by atoms with Crippen molar-refractivity contribution in [3.63, 3.8) is 0 Å². The van der Waals surface area contributed by atoms with Crippen LogP contribution in [0.5, 0.6) is 11.5 Å². The number of fused-ring (bicyclic) bond motifs is 1. The third kappa shape index (κ3) is 4.23. The SMILES string of the molecule is C=CC(=O)N1CCC[C@@H](CNc2n[nH]c3nccc(Oc4ccc(C)cc4)c23)C1. The molecule has 1 aliphatic heterocycles. The highest BCUT2D eigenvalue weighted by atomic mass is 16.5. The van der Waals surface area contributed by atoms with E-state index >= 15 is 0 Å². The fourth-order valence-corrected chi connectivity index (χ4v) is 3.67. The zero-order valence-corrected chi connectivity index (χ0v) is 16.5. The molecule has 3 heterocycles. The van der Waals surface area contributed by atoms with Gasteiger partial charge in [0.15, 0.2) is 11.5 Å². The molecule has 29 heavy (non-hydrogen) atoms. The molecule has 1 fully saturated rings. The van der Waals surface area contributed by atoms with Gasteiger partial charge in [0, 0.05) is 31.9 Å². The number of hydrogen-bond donors (Lipinski definition) is 2. The molecule has 1 saturated heterocycles. The summed E-state index contributed by atoms with van der Waals surface area (Å²) in [4.78, 5) is 18.1. The Morgan fingerprint density at radius 3 is 3.00 bits per heavy atom. The molecule has 1 atom stereocenters. The highest BCUT2D eigenvalue weighted by Crippen LogP contribution is 2.33. The number of carbonyl (C=O) groups excluding carboxylic acids is 1. The summed E-state index contributed by atoms with van der Waals surface area (Å²) in [5.41, 5.74) is 1.85. The molecule has 0 radical (unpaired) electrons. The average Bonchev–Trinajstić information content (AvgIpc) is 3.18. The third-order valence-electron chi connectivity index (χ3n) is 5.24. The van der Waals surface area contributed by atoms with Crippen molar-refractivity contribution in [3.05, 3.63) is 54.7 Å². The summed E-state index contributed by atoms with van der Waals surface area (Å²) < 4.78 is 6.10. The number of likely N-dealkylation sites (tertiary alicyclic amines) is 1. The number of nitrogens with zero attached hydrogens (tertiary/aromatic N) is 3. The van der Waals surface area contributed by atoms with Gasteiger partial charge in [-0.1, -0.05) is 24.3 Å². The monoisotopic (exact) mass is 391 g/mol. The van der Waals surface area contributed by atoms with E-state index < -0.39 is 0 Å². The highest BCUT2D eigenvalue weighted by Gasteiger charge is 2.23. The number of amides is 1. The molecule has 0 saturated carbocycles. The van der Waals surface area contributed by atoms with Crippen molar-refractivity contribution < 1.29 is 9.53 Å². The van der Waals surface area contributed by atoms with Crippen molar-refractivity contribution in [1.82, 2.24) is 20.1 Å². The Kier molecular flexibility index (Phi) is 5.46. The van der Waals surface area contributed by atoms with E-state index in [2.05, 4.69) is 27.1 Å². The number of ether oxygens (including phenoxy) is 1. The minimum Gasteiger partial charge on any atom is -0.456 e. The lowest BCUT2D eigenvalue weighted by Gasteiger charge is -2.32. The van der Waals surface area contributed by atoms with Crippen LogP contribution in [0.25, 0.3) is 11.0 Å². The van der Waals surface area contributed by atoms with Gasteiger partial charge in [-0.15, -0.1) is 0 Å². The number of piperidine rings is 1. The van der Waals surface area contributed by atoms with E-state index in [4.69, 9.17) is 4.74 Å². The molecule has 0 unspecified atom stereocenters. The number of pyridine rings is 1. The van der Waals surface area contributed by atoms with E-state index in [1.54, 1.807) is 6.20 Å². The normalized spacial score (nSPS) is 16.6. The Morgan fingerprint density at radius 1 is 1.38 bits per heavy atom. The van der Waals surface area contributed by atoms with Gasteiger partial charge in [0.2, 0.25) is 5.91 Å². The molecule has 3 aromatic rings. The largest absolute Gasteiger partial charge is 0.456 e. The average molecular weight is 391 g/mol. The van der Waals surface area contributed by atoms with Crippen LogP contribution in [0.4, 0.5) is 5.82 Å². The second-order valence-electron chi connectivity index (χ2n) is 7.40. The van der Waals surface area contributed by atoms with Gasteiger partial charge in [-0.25, -0.2) is 4.98 Å². The molecule has 1 aromatic carbocycles. The minimum atomic E-state index is -0.00194. The predicted octanol–water partition coefficient (Wildman–Crippen LogP) is 3.90. The molecule has 1 aliphatic rings. The number of H-pyrrole nitrogens is 1. The lowest BCUT2D eigenvalue weighted by Crippen LogP contribution is -2.41. The molecule has 4 rings (SSSR count). The summed E-state index contributed by atoms with van der Waals surface area (Å²) in [6, 6.07) is 9.77. The number of hydrogen-bond acceptors (Lipinski definition) is 5. The molecule has 7 heteroatoms. The van der Waals surface area contributed by atoms with Gasteiger partial charge in [-0.3, -0.25) is 9.89 Å². The fourth-order valence-electron chi connectivity index (χ4n) is 3.67. The van der Waals surface area contributed by atoms with Gasteiger partial charge >= 0.3 is 0 Å². The Bertz CT molecular complexity index is 1010.